The molecular weight excluding hydrogens is 318 g/mol. The minimum absolute atomic E-state index is 0.641. The summed E-state index contributed by atoms with van der Waals surface area (Å²) in [4.78, 5) is 0. The number of rotatable bonds is 8. The van der Waals surface area contributed by atoms with Gasteiger partial charge >= 0.3 is 0 Å². The molecule has 112 valence electrons. The molecule has 1 aliphatic rings. The summed E-state index contributed by atoms with van der Waals surface area (Å²) in [6.45, 7) is 5.99. The molecule has 0 radical (unpaired) electrons. The van der Waals surface area contributed by atoms with Crippen LogP contribution in [0.5, 0.6) is 11.5 Å². The summed E-state index contributed by atoms with van der Waals surface area (Å²) in [5, 5.41) is 3.51. The molecule has 20 heavy (non-hydrogen) atoms. The molecule has 0 unspecified atom stereocenters. The van der Waals surface area contributed by atoms with Gasteiger partial charge in [-0.05, 0) is 58.8 Å². The van der Waals surface area contributed by atoms with Gasteiger partial charge in [0, 0.05) is 12.6 Å². The summed E-state index contributed by atoms with van der Waals surface area (Å²) in [6.07, 6.45) is 3.64. The van der Waals surface area contributed by atoms with E-state index in [9.17, 15) is 0 Å². The number of nitrogens with one attached hydrogen (secondary N) is 1. The summed E-state index contributed by atoms with van der Waals surface area (Å²) in [7, 11) is 1.69. The van der Waals surface area contributed by atoms with E-state index in [1.54, 1.807) is 7.11 Å². The van der Waals surface area contributed by atoms with Crippen molar-refractivity contribution in [3.05, 3.63) is 22.2 Å². The van der Waals surface area contributed by atoms with Crippen molar-refractivity contribution in [3.63, 3.8) is 0 Å². The number of hydrogen-bond acceptors (Lipinski definition) is 3. The van der Waals surface area contributed by atoms with Crippen molar-refractivity contribution in [2.75, 3.05) is 13.7 Å². The van der Waals surface area contributed by atoms with Crippen LogP contribution in [0.3, 0.4) is 0 Å². The molecule has 1 aliphatic carbocycles. The summed E-state index contributed by atoms with van der Waals surface area (Å²) >= 11 is 3.60. The summed E-state index contributed by atoms with van der Waals surface area (Å²) in [5.41, 5.74) is 1.22. The first-order chi connectivity index (χ1) is 9.60. The molecule has 0 heterocycles. The van der Waals surface area contributed by atoms with Crippen LogP contribution in [0.25, 0.3) is 0 Å². The smallest absolute Gasteiger partial charge is 0.175 e. The molecular formula is C16H24BrNO2. The number of methoxy groups -OCH3 is 1. The van der Waals surface area contributed by atoms with Crippen molar-refractivity contribution >= 4 is 15.9 Å². The molecule has 3 nitrogen and oxygen atoms in total. The summed E-state index contributed by atoms with van der Waals surface area (Å²) in [6, 6.07) is 4.88. The SMILES string of the molecule is COc1cc(CNC2CC2)cc(Br)c1OCCC(C)C. The van der Waals surface area contributed by atoms with Gasteiger partial charge in [-0.15, -0.1) is 0 Å². The Labute approximate surface area is 130 Å². The van der Waals surface area contributed by atoms with Gasteiger partial charge in [0.15, 0.2) is 11.5 Å². The number of hydrogen-bond donors (Lipinski definition) is 1. The van der Waals surface area contributed by atoms with Gasteiger partial charge in [-0.2, -0.15) is 0 Å². The number of benzene rings is 1. The predicted molar refractivity (Wildman–Crippen MR) is 85.5 cm³/mol. The molecule has 2 rings (SSSR count). The maximum atomic E-state index is 5.87. The normalized spacial score (nSPS) is 14.7. The average Bonchev–Trinajstić information content (AvgIpc) is 3.22. The zero-order chi connectivity index (χ0) is 14.5. The van der Waals surface area contributed by atoms with Gasteiger partial charge in [-0.3, -0.25) is 0 Å². The van der Waals surface area contributed by atoms with Crippen molar-refractivity contribution < 1.29 is 9.47 Å². The Bertz CT molecular complexity index is 444. The fourth-order valence-electron chi connectivity index (χ4n) is 1.96. The molecule has 0 amide bonds. The van der Waals surface area contributed by atoms with Crippen LogP contribution in [0.4, 0.5) is 0 Å². The van der Waals surface area contributed by atoms with Crippen molar-refractivity contribution in [2.24, 2.45) is 5.92 Å². The zero-order valence-electron chi connectivity index (χ0n) is 12.5. The van der Waals surface area contributed by atoms with Crippen LogP contribution >= 0.6 is 15.9 Å². The first-order valence-electron chi connectivity index (χ1n) is 7.32. The second kappa shape index (κ2) is 7.32. The molecule has 1 fully saturated rings. The first-order valence-corrected chi connectivity index (χ1v) is 8.12. The Morgan fingerprint density at radius 1 is 1.35 bits per heavy atom. The van der Waals surface area contributed by atoms with E-state index in [0.717, 1.165) is 28.9 Å². The van der Waals surface area contributed by atoms with Crippen LogP contribution < -0.4 is 14.8 Å². The van der Waals surface area contributed by atoms with E-state index in [2.05, 4.69) is 47.2 Å². The Morgan fingerprint density at radius 3 is 2.70 bits per heavy atom. The highest BCUT2D eigenvalue weighted by Crippen LogP contribution is 2.37. The Hall–Kier alpha value is -0.740. The fourth-order valence-corrected chi connectivity index (χ4v) is 2.57. The van der Waals surface area contributed by atoms with E-state index in [0.29, 0.717) is 18.6 Å². The van der Waals surface area contributed by atoms with E-state index in [4.69, 9.17) is 9.47 Å². The van der Waals surface area contributed by atoms with Gasteiger partial charge in [0.2, 0.25) is 0 Å². The van der Waals surface area contributed by atoms with E-state index >= 15 is 0 Å². The molecule has 0 aliphatic heterocycles. The second-order valence-electron chi connectivity index (χ2n) is 5.80. The Morgan fingerprint density at radius 2 is 2.10 bits per heavy atom. The van der Waals surface area contributed by atoms with Crippen LogP contribution in [0.2, 0.25) is 0 Å². The van der Waals surface area contributed by atoms with Crippen molar-refractivity contribution in [1.29, 1.82) is 0 Å². The van der Waals surface area contributed by atoms with E-state index in [1.165, 1.54) is 18.4 Å². The van der Waals surface area contributed by atoms with Gasteiger partial charge in [0.1, 0.15) is 0 Å². The van der Waals surface area contributed by atoms with Crippen LogP contribution in [0.1, 0.15) is 38.7 Å². The highest BCUT2D eigenvalue weighted by atomic mass is 79.9. The third-order valence-electron chi connectivity index (χ3n) is 3.40. The van der Waals surface area contributed by atoms with E-state index in [-0.39, 0.29) is 0 Å². The maximum absolute atomic E-state index is 5.87. The molecule has 0 atom stereocenters. The van der Waals surface area contributed by atoms with Gasteiger partial charge in [-0.25, -0.2) is 0 Å². The lowest BCUT2D eigenvalue weighted by Gasteiger charge is -2.15. The van der Waals surface area contributed by atoms with E-state index < -0.39 is 0 Å². The van der Waals surface area contributed by atoms with Gasteiger partial charge in [0.05, 0.1) is 18.2 Å². The molecule has 0 bridgehead atoms. The molecule has 0 spiro atoms. The number of ether oxygens (including phenoxy) is 2. The highest BCUT2D eigenvalue weighted by Gasteiger charge is 2.20. The largest absolute Gasteiger partial charge is 0.493 e. The highest BCUT2D eigenvalue weighted by molar-refractivity contribution is 9.10. The molecule has 1 saturated carbocycles. The molecule has 4 heteroatoms. The van der Waals surface area contributed by atoms with Crippen LogP contribution in [-0.2, 0) is 6.54 Å². The monoisotopic (exact) mass is 341 g/mol. The van der Waals surface area contributed by atoms with Crippen LogP contribution in [-0.4, -0.2) is 19.8 Å². The Kier molecular flexibility index (Phi) is 5.73. The summed E-state index contributed by atoms with van der Waals surface area (Å²) in [5.74, 6) is 2.25. The lowest BCUT2D eigenvalue weighted by Crippen LogP contribution is -2.15. The van der Waals surface area contributed by atoms with Gasteiger partial charge in [-0.1, -0.05) is 13.8 Å². The third-order valence-corrected chi connectivity index (χ3v) is 3.99. The summed E-state index contributed by atoms with van der Waals surface area (Å²) < 4.78 is 12.3. The second-order valence-corrected chi connectivity index (χ2v) is 6.65. The predicted octanol–water partition coefficient (Wildman–Crippen LogP) is 4.13. The minimum Gasteiger partial charge on any atom is -0.493 e. The number of halogens is 1. The lowest BCUT2D eigenvalue weighted by molar-refractivity contribution is 0.271. The van der Waals surface area contributed by atoms with E-state index in [1.807, 2.05) is 0 Å². The first kappa shape index (κ1) is 15.6. The minimum atomic E-state index is 0.641. The average molecular weight is 342 g/mol. The van der Waals surface area contributed by atoms with Crippen molar-refractivity contribution in [3.8, 4) is 11.5 Å². The standard InChI is InChI=1S/C16H24BrNO2/c1-11(2)6-7-20-16-14(17)8-12(9-15(16)19-3)10-18-13-4-5-13/h8-9,11,13,18H,4-7,10H2,1-3H3. The van der Waals surface area contributed by atoms with Crippen LogP contribution in [0, 0.1) is 5.92 Å². The fraction of sp³-hybridized carbons (Fsp3) is 0.625. The van der Waals surface area contributed by atoms with Crippen molar-refractivity contribution in [1.82, 2.24) is 5.32 Å². The third kappa shape index (κ3) is 4.67. The van der Waals surface area contributed by atoms with Gasteiger partial charge in [0.25, 0.3) is 0 Å². The molecule has 1 N–H and O–H groups in total. The molecule has 0 saturated heterocycles. The quantitative estimate of drug-likeness (QED) is 0.770. The molecule has 1 aromatic carbocycles. The zero-order valence-corrected chi connectivity index (χ0v) is 14.1. The topological polar surface area (TPSA) is 30.5 Å². The van der Waals surface area contributed by atoms with Gasteiger partial charge < -0.3 is 14.8 Å². The molecule has 1 aromatic rings. The lowest BCUT2D eigenvalue weighted by atomic mass is 10.1. The Balaban J connectivity index is 2.01. The molecule has 0 aromatic heterocycles. The maximum Gasteiger partial charge on any atom is 0.175 e. The van der Waals surface area contributed by atoms with Crippen molar-refractivity contribution in [2.45, 2.75) is 45.7 Å². The van der Waals surface area contributed by atoms with Crippen LogP contribution in [0.15, 0.2) is 16.6 Å².